The molecule has 2 aromatic carbocycles. The minimum absolute atomic E-state index is 0.271. The fourth-order valence-electron chi connectivity index (χ4n) is 4.08. The van der Waals surface area contributed by atoms with Gasteiger partial charge in [-0.05, 0) is 76.4 Å². The van der Waals surface area contributed by atoms with Gasteiger partial charge in [0.15, 0.2) is 0 Å². The van der Waals surface area contributed by atoms with Gasteiger partial charge >= 0.3 is 6.09 Å². The highest BCUT2D eigenvalue weighted by molar-refractivity contribution is 5.77. The van der Waals surface area contributed by atoms with Crippen molar-refractivity contribution in [1.29, 1.82) is 0 Å². The van der Waals surface area contributed by atoms with Crippen LogP contribution in [0.25, 0.3) is 17.0 Å². The molecule has 0 unspecified atom stereocenters. The number of rotatable bonds is 6. The second kappa shape index (κ2) is 10.4. The van der Waals surface area contributed by atoms with E-state index in [0.717, 1.165) is 40.3 Å². The summed E-state index contributed by atoms with van der Waals surface area (Å²) in [7, 11) is 0. The molecule has 184 valence electrons. The number of hydrogen-bond donors (Lipinski definition) is 0. The molecule has 0 spiro atoms. The molecule has 0 fully saturated rings. The molecule has 6 nitrogen and oxygen atoms in total. The second-order valence-electron chi connectivity index (χ2n) is 9.92. The third kappa shape index (κ3) is 6.32. The minimum atomic E-state index is -0.509. The molecule has 1 aromatic heterocycles. The maximum absolute atomic E-state index is 12.6. The van der Waals surface area contributed by atoms with Gasteiger partial charge in [0.2, 0.25) is 5.89 Å². The maximum atomic E-state index is 12.6. The quantitative estimate of drug-likeness (QED) is 0.398. The molecule has 35 heavy (non-hydrogen) atoms. The lowest BCUT2D eigenvalue weighted by Gasteiger charge is -2.32. The van der Waals surface area contributed by atoms with Crippen LogP contribution in [-0.2, 0) is 11.2 Å². The van der Waals surface area contributed by atoms with Gasteiger partial charge in [-0.3, -0.25) is 0 Å². The average molecular weight is 475 g/mol. The molecular formula is C29H34N2O4. The fourth-order valence-corrected chi connectivity index (χ4v) is 4.08. The minimum Gasteiger partial charge on any atom is -0.493 e. The van der Waals surface area contributed by atoms with E-state index in [4.69, 9.17) is 13.9 Å². The lowest BCUT2D eigenvalue weighted by Crippen LogP contribution is -2.40. The Morgan fingerprint density at radius 2 is 1.80 bits per heavy atom. The van der Waals surface area contributed by atoms with Gasteiger partial charge in [0.05, 0.1) is 12.3 Å². The summed E-state index contributed by atoms with van der Waals surface area (Å²) in [4.78, 5) is 19.0. The molecule has 1 aliphatic rings. The highest BCUT2D eigenvalue weighted by atomic mass is 16.6. The van der Waals surface area contributed by atoms with Crippen molar-refractivity contribution in [2.24, 2.45) is 0 Å². The van der Waals surface area contributed by atoms with Crippen molar-refractivity contribution < 1.29 is 18.7 Å². The van der Waals surface area contributed by atoms with Gasteiger partial charge in [-0.25, -0.2) is 9.78 Å². The van der Waals surface area contributed by atoms with E-state index in [9.17, 15) is 4.79 Å². The molecule has 0 saturated heterocycles. The Morgan fingerprint density at radius 1 is 1.06 bits per heavy atom. The summed E-state index contributed by atoms with van der Waals surface area (Å²) >= 11 is 0. The maximum Gasteiger partial charge on any atom is 0.410 e. The number of amides is 1. The van der Waals surface area contributed by atoms with E-state index in [-0.39, 0.29) is 6.09 Å². The number of carbonyl (C=O) groups is 1. The molecule has 0 saturated carbocycles. The van der Waals surface area contributed by atoms with Crippen LogP contribution >= 0.6 is 0 Å². The zero-order valence-electron chi connectivity index (χ0n) is 21.3. The zero-order valence-corrected chi connectivity index (χ0v) is 21.3. The van der Waals surface area contributed by atoms with Gasteiger partial charge in [-0.15, -0.1) is 0 Å². The van der Waals surface area contributed by atoms with Crippen molar-refractivity contribution in [2.45, 2.75) is 53.1 Å². The molecule has 0 bridgehead atoms. The van der Waals surface area contributed by atoms with Crippen LogP contribution < -0.4 is 4.74 Å². The van der Waals surface area contributed by atoms with Crippen LogP contribution in [0.1, 0.15) is 51.1 Å². The van der Waals surface area contributed by atoms with Gasteiger partial charge in [0.1, 0.15) is 17.1 Å². The predicted octanol–water partition coefficient (Wildman–Crippen LogP) is 6.69. The first-order valence-electron chi connectivity index (χ1n) is 12.1. The fraction of sp³-hybridized carbons (Fsp3) is 0.379. The highest BCUT2D eigenvalue weighted by Crippen LogP contribution is 2.30. The number of carbonyl (C=O) groups excluding carboxylic acids is 1. The summed E-state index contributed by atoms with van der Waals surface area (Å²) in [6.07, 6.45) is 1.21. The summed E-state index contributed by atoms with van der Waals surface area (Å²) < 4.78 is 17.5. The van der Waals surface area contributed by atoms with E-state index >= 15 is 0 Å². The van der Waals surface area contributed by atoms with Crippen molar-refractivity contribution in [3.8, 4) is 17.2 Å². The van der Waals surface area contributed by atoms with Gasteiger partial charge in [0.25, 0.3) is 0 Å². The van der Waals surface area contributed by atoms with Crippen LogP contribution in [0.4, 0.5) is 4.79 Å². The lowest BCUT2D eigenvalue weighted by atomic mass is 9.95. The second-order valence-corrected chi connectivity index (χ2v) is 9.92. The molecule has 0 aliphatic carbocycles. The molecule has 2 heterocycles. The number of aromatic nitrogens is 1. The van der Waals surface area contributed by atoms with E-state index in [0.29, 0.717) is 32.0 Å². The first-order chi connectivity index (χ1) is 16.7. The number of nitrogens with zero attached hydrogens (tertiary/aromatic N) is 2. The van der Waals surface area contributed by atoms with Crippen molar-refractivity contribution in [3.63, 3.8) is 0 Å². The van der Waals surface area contributed by atoms with Crippen LogP contribution in [0.2, 0.25) is 0 Å². The topological polar surface area (TPSA) is 64.8 Å². The largest absolute Gasteiger partial charge is 0.493 e. The van der Waals surface area contributed by atoms with Crippen molar-refractivity contribution >= 4 is 11.7 Å². The summed E-state index contributed by atoms with van der Waals surface area (Å²) in [6, 6.07) is 18.0. The number of oxazole rings is 1. The molecule has 4 rings (SSSR count). The van der Waals surface area contributed by atoms with Crippen molar-refractivity contribution in [3.05, 3.63) is 77.2 Å². The molecular weight excluding hydrogens is 440 g/mol. The van der Waals surface area contributed by atoms with Crippen LogP contribution in [-0.4, -0.2) is 41.3 Å². The molecule has 3 aromatic rings. The van der Waals surface area contributed by atoms with Crippen LogP contribution in [0.5, 0.6) is 5.75 Å². The average Bonchev–Trinajstić information content (AvgIpc) is 3.19. The van der Waals surface area contributed by atoms with Crippen LogP contribution in [0, 0.1) is 6.92 Å². The Bertz CT molecular complexity index is 1200. The molecule has 1 aliphatic heterocycles. The molecule has 0 radical (unpaired) electrons. The SMILES string of the molecule is CC1=C(c2cccc(OCCc3nc(-c4ccccc4)oc3C)c2)CN(C(=O)OC(C)(C)C)CC1. The first kappa shape index (κ1) is 24.6. The van der Waals surface area contributed by atoms with Gasteiger partial charge in [0, 0.05) is 25.1 Å². The third-order valence-electron chi connectivity index (χ3n) is 5.98. The summed E-state index contributed by atoms with van der Waals surface area (Å²) in [5.74, 6) is 2.24. The number of benzene rings is 2. The Kier molecular flexibility index (Phi) is 7.29. The molecule has 0 N–H and O–H groups in total. The normalized spacial score (nSPS) is 14.3. The summed E-state index contributed by atoms with van der Waals surface area (Å²) in [5.41, 5.74) is 4.86. The molecule has 0 atom stereocenters. The van der Waals surface area contributed by atoms with Crippen LogP contribution in [0.15, 0.2) is 64.6 Å². The zero-order chi connectivity index (χ0) is 25.0. The Balaban J connectivity index is 1.40. The van der Waals surface area contributed by atoms with Crippen molar-refractivity contribution in [2.75, 3.05) is 19.7 Å². The molecule has 1 amide bonds. The van der Waals surface area contributed by atoms with E-state index < -0.39 is 5.60 Å². The monoisotopic (exact) mass is 474 g/mol. The van der Waals surface area contributed by atoms with Crippen molar-refractivity contribution in [1.82, 2.24) is 9.88 Å². The smallest absolute Gasteiger partial charge is 0.410 e. The van der Waals surface area contributed by atoms with Gasteiger partial charge in [-0.2, -0.15) is 0 Å². The van der Waals surface area contributed by atoms with Gasteiger partial charge < -0.3 is 18.8 Å². The number of hydrogen-bond acceptors (Lipinski definition) is 5. The van der Waals surface area contributed by atoms with E-state index in [1.165, 1.54) is 5.57 Å². The summed E-state index contributed by atoms with van der Waals surface area (Å²) in [6.45, 7) is 11.4. The van der Waals surface area contributed by atoms with Crippen LogP contribution in [0.3, 0.4) is 0 Å². The van der Waals surface area contributed by atoms with E-state index in [1.807, 2.05) is 76.2 Å². The number of ether oxygens (including phenoxy) is 2. The Labute approximate surface area is 207 Å². The van der Waals surface area contributed by atoms with E-state index in [1.54, 1.807) is 4.90 Å². The predicted molar refractivity (Wildman–Crippen MR) is 137 cm³/mol. The Hall–Kier alpha value is -3.54. The highest BCUT2D eigenvalue weighted by Gasteiger charge is 2.26. The lowest BCUT2D eigenvalue weighted by molar-refractivity contribution is 0.0271. The van der Waals surface area contributed by atoms with Gasteiger partial charge in [-0.1, -0.05) is 35.9 Å². The first-order valence-corrected chi connectivity index (χ1v) is 12.1. The summed E-state index contributed by atoms with van der Waals surface area (Å²) in [5, 5.41) is 0. The standard InChI is InChI=1S/C29H34N2O4/c1-20-14-16-31(28(32)35-29(3,4)5)19-25(20)23-12-9-13-24(18-23)33-17-15-26-21(2)34-27(30-26)22-10-7-6-8-11-22/h6-13,18H,14-17,19H2,1-5H3. The Morgan fingerprint density at radius 3 is 2.54 bits per heavy atom. The van der Waals surface area contributed by atoms with E-state index in [2.05, 4.69) is 18.0 Å². The third-order valence-corrected chi connectivity index (χ3v) is 5.98. The molecule has 6 heteroatoms. The number of aryl methyl sites for hydroxylation is 1.